The fraction of sp³-hybridized carbons (Fsp3) is 0.118. The Bertz CT molecular complexity index is 833. The number of anilines is 1. The average molecular weight is 341 g/mol. The summed E-state index contributed by atoms with van der Waals surface area (Å²) in [7, 11) is 0. The summed E-state index contributed by atoms with van der Waals surface area (Å²) in [6.07, 6.45) is 0.525. The second-order valence-corrected chi connectivity index (χ2v) is 5.87. The van der Waals surface area contributed by atoms with E-state index in [2.05, 4.69) is 15.8 Å². The number of para-hydroxylation sites is 1. The number of rotatable bonds is 2. The van der Waals surface area contributed by atoms with E-state index in [0.29, 0.717) is 22.8 Å². The lowest BCUT2D eigenvalue weighted by Crippen LogP contribution is -2.29. The number of hydrogen-bond donors (Lipinski definition) is 1. The van der Waals surface area contributed by atoms with Gasteiger partial charge in [-0.2, -0.15) is 10.2 Å². The summed E-state index contributed by atoms with van der Waals surface area (Å²) in [5.41, 5.74) is 5.36. The van der Waals surface area contributed by atoms with Crippen molar-refractivity contribution >= 4 is 23.3 Å². The summed E-state index contributed by atoms with van der Waals surface area (Å²) >= 11 is 5.92. The van der Waals surface area contributed by atoms with Crippen LogP contribution in [-0.4, -0.2) is 5.97 Å². The van der Waals surface area contributed by atoms with E-state index in [-0.39, 0.29) is 6.04 Å². The van der Waals surface area contributed by atoms with Gasteiger partial charge in [-0.1, -0.05) is 47.5 Å². The van der Waals surface area contributed by atoms with Crippen molar-refractivity contribution in [2.24, 2.45) is 10.2 Å². The third-order valence-corrected chi connectivity index (χ3v) is 4.15. The van der Waals surface area contributed by atoms with E-state index in [1.54, 1.807) is 5.01 Å². The Morgan fingerprint density at radius 2 is 1.88 bits per heavy atom. The maximum Gasteiger partial charge on any atom is 0.378 e. The van der Waals surface area contributed by atoms with Gasteiger partial charge in [-0.25, -0.2) is 9.80 Å². The van der Waals surface area contributed by atoms with Crippen LogP contribution in [0, 0.1) is 0 Å². The number of carbonyl (C=O) groups is 1. The van der Waals surface area contributed by atoms with Crippen LogP contribution >= 0.6 is 11.6 Å². The van der Waals surface area contributed by atoms with Crippen LogP contribution in [-0.2, 0) is 9.63 Å². The van der Waals surface area contributed by atoms with E-state index in [9.17, 15) is 4.79 Å². The molecule has 0 radical (unpaired) electrons. The molecule has 0 spiro atoms. The summed E-state index contributed by atoms with van der Waals surface area (Å²) in [6.45, 7) is 0. The molecule has 2 aliphatic heterocycles. The molecular formula is C17H13ClN4O2. The lowest BCUT2D eigenvalue weighted by atomic mass is 10.0. The quantitative estimate of drug-likeness (QED) is 0.841. The van der Waals surface area contributed by atoms with Crippen LogP contribution in [0.25, 0.3) is 0 Å². The highest BCUT2D eigenvalue weighted by Gasteiger charge is 2.35. The smallest absolute Gasteiger partial charge is 0.345 e. The first-order valence-corrected chi connectivity index (χ1v) is 7.81. The molecule has 0 bridgehead atoms. The molecule has 0 aliphatic carbocycles. The Labute approximate surface area is 143 Å². The molecule has 0 amide bonds. The molecule has 0 aromatic heterocycles. The summed E-state index contributed by atoms with van der Waals surface area (Å²) in [5.74, 6) is -0.468. The predicted octanol–water partition coefficient (Wildman–Crippen LogP) is 3.93. The number of hydrazine groups is 1. The van der Waals surface area contributed by atoms with Crippen molar-refractivity contribution in [3.05, 3.63) is 76.6 Å². The summed E-state index contributed by atoms with van der Waals surface area (Å²) in [6, 6.07) is 16.8. The number of hydrogen-bond acceptors (Lipinski definition) is 6. The highest BCUT2D eigenvalue weighted by molar-refractivity contribution is 6.30. The Hall–Kier alpha value is -2.70. The van der Waals surface area contributed by atoms with Gasteiger partial charge in [0, 0.05) is 11.4 Å². The monoisotopic (exact) mass is 340 g/mol. The van der Waals surface area contributed by atoms with Gasteiger partial charge in [-0.05, 0) is 29.8 Å². The molecule has 2 heterocycles. The molecule has 7 heteroatoms. The van der Waals surface area contributed by atoms with Gasteiger partial charge in [0.1, 0.15) is 6.04 Å². The van der Waals surface area contributed by atoms with Gasteiger partial charge < -0.3 is 4.84 Å². The Balaban J connectivity index is 1.65. The second-order valence-electron chi connectivity index (χ2n) is 5.43. The first kappa shape index (κ1) is 14.9. The molecule has 4 rings (SSSR count). The van der Waals surface area contributed by atoms with Crippen LogP contribution in [0.5, 0.6) is 0 Å². The number of nitrogens with zero attached hydrogens (tertiary/aromatic N) is 3. The molecule has 1 unspecified atom stereocenters. The Kier molecular flexibility index (Phi) is 3.76. The molecule has 2 aromatic carbocycles. The molecule has 120 valence electrons. The molecule has 1 atom stereocenters. The lowest BCUT2D eigenvalue weighted by molar-refractivity contribution is -0.140. The van der Waals surface area contributed by atoms with Crippen molar-refractivity contribution in [3.63, 3.8) is 0 Å². The molecule has 6 nitrogen and oxygen atoms in total. The largest absolute Gasteiger partial charge is 0.378 e. The van der Waals surface area contributed by atoms with Crippen LogP contribution in [0.4, 0.5) is 5.69 Å². The van der Waals surface area contributed by atoms with Gasteiger partial charge in [0.05, 0.1) is 11.4 Å². The maximum atomic E-state index is 12.1. The zero-order valence-corrected chi connectivity index (χ0v) is 13.3. The molecule has 2 aromatic rings. The highest BCUT2D eigenvalue weighted by atomic mass is 35.5. The van der Waals surface area contributed by atoms with Crippen LogP contribution in [0.1, 0.15) is 18.0 Å². The number of azo groups is 1. The van der Waals surface area contributed by atoms with Gasteiger partial charge in [0.15, 0.2) is 5.70 Å². The van der Waals surface area contributed by atoms with E-state index in [1.807, 2.05) is 54.6 Å². The minimum Gasteiger partial charge on any atom is -0.345 e. The number of nitrogens with one attached hydrogen (secondary N) is 1. The summed E-state index contributed by atoms with van der Waals surface area (Å²) < 4.78 is 0. The fourth-order valence-corrected chi connectivity index (χ4v) is 2.82. The topological polar surface area (TPSA) is 66.3 Å². The Morgan fingerprint density at radius 1 is 1.12 bits per heavy atom. The molecule has 0 saturated carbocycles. The lowest BCUT2D eigenvalue weighted by Gasteiger charge is -2.16. The minimum atomic E-state index is -0.468. The second kappa shape index (κ2) is 6.07. The van der Waals surface area contributed by atoms with E-state index in [4.69, 9.17) is 16.4 Å². The van der Waals surface area contributed by atoms with Crippen LogP contribution in [0.15, 0.2) is 76.2 Å². The van der Waals surface area contributed by atoms with Crippen molar-refractivity contribution in [3.8, 4) is 0 Å². The number of benzene rings is 2. The van der Waals surface area contributed by atoms with Gasteiger partial charge in [-0.15, -0.1) is 0 Å². The molecule has 1 saturated heterocycles. The van der Waals surface area contributed by atoms with Crippen molar-refractivity contribution in [1.29, 1.82) is 0 Å². The van der Waals surface area contributed by atoms with E-state index < -0.39 is 5.97 Å². The summed E-state index contributed by atoms with van der Waals surface area (Å²) in [5, 5.41) is 10.8. The normalized spacial score (nSPS) is 23.0. The van der Waals surface area contributed by atoms with Crippen molar-refractivity contribution < 1.29 is 9.63 Å². The van der Waals surface area contributed by atoms with Gasteiger partial charge in [-0.3, -0.25) is 0 Å². The van der Waals surface area contributed by atoms with Crippen LogP contribution in [0.2, 0.25) is 5.02 Å². The molecular weight excluding hydrogens is 328 g/mol. The van der Waals surface area contributed by atoms with Gasteiger partial charge >= 0.3 is 5.97 Å². The molecule has 1 N–H and O–H groups in total. The zero-order chi connectivity index (χ0) is 16.5. The van der Waals surface area contributed by atoms with Gasteiger partial charge in [0.25, 0.3) is 0 Å². The van der Waals surface area contributed by atoms with Crippen molar-refractivity contribution in [2.45, 2.75) is 12.5 Å². The predicted molar refractivity (Wildman–Crippen MR) is 88.8 cm³/mol. The highest BCUT2D eigenvalue weighted by Crippen LogP contribution is 2.37. The SMILES string of the molecule is O=C1ONN(c2ccccc2)/C1=C1\CC(c2ccc(Cl)cc2)N=N1. The number of carbonyl (C=O) groups excluding carboxylic acids is 1. The van der Waals surface area contributed by atoms with E-state index in [0.717, 1.165) is 11.3 Å². The zero-order valence-electron chi connectivity index (χ0n) is 12.5. The standard InChI is InChI=1S/C17H13ClN4O2/c18-12-8-6-11(7-9-12)14-10-15(20-19-14)16-17(23)24-21-22(16)13-4-2-1-3-5-13/h1-9,14,21H,10H2/b16-15+. The third-order valence-electron chi connectivity index (χ3n) is 3.89. The third kappa shape index (κ3) is 2.66. The van der Waals surface area contributed by atoms with Gasteiger partial charge in [0.2, 0.25) is 0 Å². The average Bonchev–Trinajstić information content (AvgIpc) is 3.23. The van der Waals surface area contributed by atoms with Crippen molar-refractivity contribution in [2.75, 3.05) is 5.01 Å². The van der Waals surface area contributed by atoms with E-state index in [1.165, 1.54) is 0 Å². The van der Waals surface area contributed by atoms with Crippen LogP contribution in [0.3, 0.4) is 0 Å². The van der Waals surface area contributed by atoms with Crippen molar-refractivity contribution in [1.82, 2.24) is 5.59 Å². The minimum absolute atomic E-state index is 0.129. The van der Waals surface area contributed by atoms with Crippen LogP contribution < -0.4 is 10.6 Å². The number of halogens is 1. The fourth-order valence-electron chi connectivity index (χ4n) is 2.70. The molecule has 24 heavy (non-hydrogen) atoms. The molecule has 2 aliphatic rings. The first-order valence-electron chi connectivity index (χ1n) is 7.44. The molecule has 1 fully saturated rings. The summed E-state index contributed by atoms with van der Waals surface area (Å²) in [4.78, 5) is 17.1. The van der Waals surface area contributed by atoms with E-state index >= 15 is 0 Å². The Morgan fingerprint density at radius 3 is 2.62 bits per heavy atom. The maximum absolute atomic E-state index is 12.1. The first-order chi connectivity index (χ1) is 11.7.